The van der Waals surface area contributed by atoms with Crippen LogP contribution in [0, 0.1) is 5.82 Å². The Labute approximate surface area is 187 Å². The van der Waals surface area contributed by atoms with Crippen LogP contribution in [-0.2, 0) is 23.3 Å². The number of anilines is 1. The summed E-state index contributed by atoms with van der Waals surface area (Å²) in [6, 6.07) is 7.47. The molecule has 0 aliphatic carbocycles. The van der Waals surface area contributed by atoms with Crippen LogP contribution in [0.4, 0.5) is 10.2 Å². The second kappa shape index (κ2) is 7.83. The van der Waals surface area contributed by atoms with E-state index in [9.17, 15) is 8.60 Å². The molecular weight excluding hydrogens is 427 g/mol. The van der Waals surface area contributed by atoms with E-state index in [-0.39, 0.29) is 5.82 Å². The van der Waals surface area contributed by atoms with Crippen molar-refractivity contribution in [2.75, 3.05) is 37.3 Å². The van der Waals surface area contributed by atoms with Crippen molar-refractivity contribution in [1.82, 2.24) is 19.1 Å². The van der Waals surface area contributed by atoms with E-state index in [4.69, 9.17) is 0 Å². The standard InChI is InChI=1S/C23H25FN6OS/c1-28-15-18(13-27-28)17-10-19-20(21(24)11-17)14-26-23(19)16-4-5-25-22(12-16)29-6-8-30(9-7-29)32(2,3)31/h4-5,10-13,15H,2,6-9,14H2,1,3H3. The second-order valence-corrected chi connectivity index (χ2v) is 10.8. The molecule has 1 aromatic carbocycles. The average Bonchev–Trinajstić information content (AvgIpc) is 3.40. The molecule has 1 unspecified atom stereocenters. The molecule has 0 spiro atoms. The number of rotatable bonds is 4. The van der Waals surface area contributed by atoms with Gasteiger partial charge in [-0.05, 0) is 35.7 Å². The normalized spacial score (nSPS) is 18.3. The van der Waals surface area contributed by atoms with E-state index in [0.717, 1.165) is 46.9 Å². The Morgan fingerprint density at radius 2 is 1.88 bits per heavy atom. The van der Waals surface area contributed by atoms with Crippen LogP contribution >= 0.6 is 0 Å². The van der Waals surface area contributed by atoms with Gasteiger partial charge in [0.2, 0.25) is 0 Å². The molecule has 166 valence electrons. The van der Waals surface area contributed by atoms with Gasteiger partial charge >= 0.3 is 0 Å². The third kappa shape index (κ3) is 3.82. The van der Waals surface area contributed by atoms with Crippen molar-refractivity contribution in [2.45, 2.75) is 6.54 Å². The van der Waals surface area contributed by atoms with Gasteiger partial charge in [-0.25, -0.2) is 13.7 Å². The summed E-state index contributed by atoms with van der Waals surface area (Å²) in [5.41, 5.74) is 4.77. The molecule has 2 aromatic heterocycles. The highest BCUT2D eigenvalue weighted by molar-refractivity contribution is 7.97. The Morgan fingerprint density at radius 1 is 1.09 bits per heavy atom. The SMILES string of the molecule is C=S(C)(=O)N1CCN(c2cc(C3=NCc4c(F)cc(-c5cnn(C)c5)cc43)ccn2)CC1. The van der Waals surface area contributed by atoms with Crippen molar-refractivity contribution >= 4 is 27.1 Å². The van der Waals surface area contributed by atoms with E-state index in [1.54, 1.807) is 29.4 Å². The van der Waals surface area contributed by atoms with E-state index in [2.05, 4.69) is 25.8 Å². The lowest BCUT2D eigenvalue weighted by Gasteiger charge is -2.35. The maximum atomic E-state index is 14.9. The smallest absolute Gasteiger partial charge is 0.129 e. The fourth-order valence-corrected chi connectivity index (χ4v) is 5.21. The fourth-order valence-electron chi connectivity index (χ4n) is 4.28. The first kappa shape index (κ1) is 20.8. The van der Waals surface area contributed by atoms with Gasteiger partial charge in [-0.3, -0.25) is 13.9 Å². The lowest BCUT2D eigenvalue weighted by molar-refractivity contribution is 0.409. The first-order valence-electron chi connectivity index (χ1n) is 10.4. The molecule has 0 radical (unpaired) electrons. The highest BCUT2D eigenvalue weighted by Gasteiger charge is 2.25. The van der Waals surface area contributed by atoms with Gasteiger partial charge in [-0.1, -0.05) is 0 Å². The van der Waals surface area contributed by atoms with E-state index in [1.807, 2.05) is 35.7 Å². The number of pyridine rings is 1. The molecule has 0 N–H and O–H groups in total. The summed E-state index contributed by atoms with van der Waals surface area (Å²) in [5.74, 6) is 4.38. The minimum atomic E-state index is -2.19. The highest BCUT2D eigenvalue weighted by atomic mass is 32.2. The first-order valence-corrected chi connectivity index (χ1v) is 12.5. The predicted octanol–water partition coefficient (Wildman–Crippen LogP) is 2.36. The first-order chi connectivity index (χ1) is 15.3. The van der Waals surface area contributed by atoms with Gasteiger partial charge in [0.25, 0.3) is 0 Å². The molecule has 7 nitrogen and oxygen atoms in total. The molecule has 1 atom stereocenters. The molecule has 1 fully saturated rings. The Hall–Kier alpha value is -3.04. The zero-order chi connectivity index (χ0) is 22.5. The van der Waals surface area contributed by atoms with Crippen molar-refractivity contribution < 1.29 is 8.60 Å². The van der Waals surface area contributed by atoms with Gasteiger partial charge in [-0.2, -0.15) is 5.10 Å². The van der Waals surface area contributed by atoms with Crippen molar-refractivity contribution in [3.63, 3.8) is 0 Å². The Morgan fingerprint density at radius 3 is 2.56 bits per heavy atom. The summed E-state index contributed by atoms with van der Waals surface area (Å²) < 4.78 is 30.7. The van der Waals surface area contributed by atoms with Crippen LogP contribution in [0.5, 0.6) is 0 Å². The molecule has 4 heterocycles. The fraction of sp³-hybridized carbons (Fsp3) is 0.304. The van der Waals surface area contributed by atoms with Crippen molar-refractivity contribution in [2.24, 2.45) is 12.0 Å². The highest BCUT2D eigenvalue weighted by Crippen LogP contribution is 2.31. The number of halogens is 1. The summed E-state index contributed by atoms with van der Waals surface area (Å²) >= 11 is 0. The molecule has 32 heavy (non-hydrogen) atoms. The van der Waals surface area contributed by atoms with Crippen molar-refractivity contribution in [3.8, 4) is 11.1 Å². The number of nitrogens with zero attached hydrogens (tertiary/aromatic N) is 6. The molecule has 2 aliphatic heterocycles. The zero-order valence-corrected chi connectivity index (χ0v) is 19.0. The lowest BCUT2D eigenvalue weighted by atomic mass is 9.96. The van der Waals surface area contributed by atoms with Crippen molar-refractivity contribution in [1.29, 1.82) is 0 Å². The van der Waals surface area contributed by atoms with Crippen LogP contribution in [0.25, 0.3) is 11.1 Å². The number of benzene rings is 1. The molecule has 0 bridgehead atoms. The number of aryl methyl sites for hydroxylation is 1. The average molecular weight is 453 g/mol. The Balaban J connectivity index is 1.44. The quantitative estimate of drug-likeness (QED) is 0.570. The van der Waals surface area contributed by atoms with Gasteiger partial charge in [-0.15, -0.1) is 0 Å². The van der Waals surface area contributed by atoms with E-state index < -0.39 is 9.71 Å². The van der Waals surface area contributed by atoms with Crippen LogP contribution in [0.15, 0.2) is 47.8 Å². The topological polar surface area (TPSA) is 66.6 Å². The molecule has 1 saturated heterocycles. The molecule has 9 heteroatoms. The van der Waals surface area contributed by atoms with Gasteiger partial charge < -0.3 is 4.90 Å². The summed E-state index contributed by atoms with van der Waals surface area (Å²) in [7, 11) is -0.349. The van der Waals surface area contributed by atoms with Gasteiger partial charge in [0.1, 0.15) is 11.6 Å². The summed E-state index contributed by atoms with van der Waals surface area (Å²) in [6.45, 7) is 3.12. The van der Waals surface area contributed by atoms with Crippen LogP contribution in [-0.4, -0.2) is 67.3 Å². The predicted molar refractivity (Wildman–Crippen MR) is 127 cm³/mol. The largest absolute Gasteiger partial charge is 0.354 e. The molecule has 5 rings (SSSR count). The number of aliphatic imine (C=N–C) groups is 1. The van der Waals surface area contributed by atoms with Crippen LogP contribution in [0.3, 0.4) is 0 Å². The molecule has 3 aromatic rings. The van der Waals surface area contributed by atoms with Gasteiger partial charge in [0.05, 0.1) is 18.5 Å². The monoisotopic (exact) mass is 452 g/mol. The van der Waals surface area contributed by atoms with Crippen LogP contribution in [0.2, 0.25) is 0 Å². The summed E-state index contributed by atoms with van der Waals surface area (Å²) in [5, 5.41) is 4.20. The summed E-state index contributed by atoms with van der Waals surface area (Å²) in [6.07, 6.45) is 7.05. The molecule has 0 amide bonds. The van der Waals surface area contributed by atoms with Crippen molar-refractivity contribution in [3.05, 3.63) is 65.4 Å². The van der Waals surface area contributed by atoms with Gasteiger partial charge in [0, 0.05) is 83.8 Å². The number of fused-ring (bicyclic) bond motifs is 1. The summed E-state index contributed by atoms with van der Waals surface area (Å²) in [4.78, 5) is 11.4. The number of aromatic nitrogens is 3. The number of hydrogen-bond acceptors (Lipinski definition) is 5. The maximum Gasteiger partial charge on any atom is 0.129 e. The maximum absolute atomic E-state index is 14.9. The third-order valence-corrected chi connectivity index (χ3v) is 7.47. The molecule has 0 saturated carbocycles. The Kier molecular flexibility index (Phi) is 5.10. The lowest BCUT2D eigenvalue weighted by Crippen LogP contribution is -2.48. The minimum Gasteiger partial charge on any atom is -0.354 e. The second-order valence-electron chi connectivity index (χ2n) is 8.33. The van der Waals surface area contributed by atoms with Gasteiger partial charge in [0.15, 0.2) is 0 Å². The van der Waals surface area contributed by atoms with E-state index >= 15 is 0 Å². The van der Waals surface area contributed by atoms with E-state index in [1.165, 1.54) is 0 Å². The molecule has 2 aliphatic rings. The van der Waals surface area contributed by atoms with Crippen LogP contribution in [0.1, 0.15) is 16.7 Å². The zero-order valence-electron chi connectivity index (χ0n) is 18.2. The van der Waals surface area contributed by atoms with E-state index in [0.29, 0.717) is 25.2 Å². The number of piperazine rings is 1. The third-order valence-electron chi connectivity index (χ3n) is 6.01. The number of hydrogen-bond donors (Lipinski definition) is 0. The molecular formula is C23H25FN6OS. The Bertz CT molecular complexity index is 1320. The minimum absolute atomic E-state index is 0.248. The van der Waals surface area contributed by atoms with Crippen LogP contribution < -0.4 is 4.90 Å².